The van der Waals surface area contributed by atoms with E-state index in [2.05, 4.69) is 30.3 Å². The molecule has 0 unspecified atom stereocenters. The van der Waals surface area contributed by atoms with Crippen molar-refractivity contribution in [3.8, 4) is 5.75 Å². The zero-order chi connectivity index (χ0) is 20.1. The minimum absolute atomic E-state index is 0.0225. The standard InChI is InChI=1S/C26H23NO2/c1-29-24-16-14-20(15-17-24)18-27(26(28)22-9-3-2-4-10-22)19-23-12-7-11-21-8-5-6-13-25(21)23/h2-17H,18-19H2,1H3. The molecule has 4 aromatic rings. The summed E-state index contributed by atoms with van der Waals surface area (Å²) in [5.74, 6) is 0.832. The molecule has 3 heteroatoms. The maximum atomic E-state index is 13.3. The van der Waals surface area contributed by atoms with E-state index in [1.54, 1.807) is 7.11 Å². The van der Waals surface area contributed by atoms with Gasteiger partial charge < -0.3 is 9.64 Å². The van der Waals surface area contributed by atoms with Gasteiger partial charge in [-0.3, -0.25) is 4.79 Å². The average Bonchev–Trinajstić information content (AvgIpc) is 2.79. The van der Waals surface area contributed by atoms with E-state index in [1.807, 2.05) is 71.6 Å². The maximum absolute atomic E-state index is 13.3. The third kappa shape index (κ3) is 4.30. The Morgan fingerprint density at radius 1 is 0.759 bits per heavy atom. The van der Waals surface area contributed by atoms with Crippen LogP contribution in [-0.4, -0.2) is 17.9 Å². The maximum Gasteiger partial charge on any atom is 0.254 e. The summed E-state index contributed by atoms with van der Waals surface area (Å²) in [6.45, 7) is 1.07. The molecule has 0 aliphatic carbocycles. The van der Waals surface area contributed by atoms with Crippen molar-refractivity contribution in [2.24, 2.45) is 0 Å². The molecule has 0 saturated heterocycles. The number of amides is 1. The van der Waals surface area contributed by atoms with Gasteiger partial charge in [0.25, 0.3) is 5.91 Å². The zero-order valence-corrected chi connectivity index (χ0v) is 16.4. The summed E-state index contributed by atoms with van der Waals surface area (Å²) in [5.41, 5.74) is 2.90. The van der Waals surface area contributed by atoms with E-state index in [1.165, 1.54) is 10.8 Å². The summed E-state index contributed by atoms with van der Waals surface area (Å²) in [5, 5.41) is 2.36. The van der Waals surface area contributed by atoms with Crippen molar-refractivity contribution in [3.05, 3.63) is 114 Å². The van der Waals surface area contributed by atoms with Gasteiger partial charge in [0.1, 0.15) is 5.75 Å². The van der Waals surface area contributed by atoms with Crippen LogP contribution in [0.5, 0.6) is 5.75 Å². The highest BCUT2D eigenvalue weighted by molar-refractivity contribution is 5.94. The molecule has 0 aliphatic rings. The van der Waals surface area contributed by atoms with Crippen LogP contribution in [0.3, 0.4) is 0 Å². The molecule has 0 N–H and O–H groups in total. The van der Waals surface area contributed by atoms with E-state index in [9.17, 15) is 4.79 Å². The molecule has 0 saturated carbocycles. The van der Waals surface area contributed by atoms with Gasteiger partial charge in [-0.1, -0.05) is 72.8 Å². The fraction of sp³-hybridized carbons (Fsp3) is 0.115. The number of hydrogen-bond acceptors (Lipinski definition) is 2. The molecule has 1 amide bonds. The highest BCUT2D eigenvalue weighted by atomic mass is 16.5. The fourth-order valence-corrected chi connectivity index (χ4v) is 3.55. The van der Waals surface area contributed by atoms with Gasteiger partial charge in [-0.25, -0.2) is 0 Å². The Morgan fingerprint density at radius 3 is 2.21 bits per heavy atom. The summed E-state index contributed by atoms with van der Waals surface area (Å²) in [6.07, 6.45) is 0. The molecule has 0 aliphatic heterocycles. The number of fused-ring (bicyclic) bond motifs is 1. The van der Waals surface area contributed by atoms with E-state index in [0.29, 0.717) is 18.7 Å². The van der Waals surface area contributed by atoms with E-state index in [0.717, 1.165) is 16.9 Å². The third-order valence-electron chi connectivity index (χ3n) is 5.08. The first-order valence-corrected chi connectivity index (χ1v) is 9.68. The Morgan fingerprint density at radius 2 is 1.45 bits per heavy atom. The van der Waals surface area contributed by atoms with Gasteiger partial charge in [-0.2, -0.15) is 0 Å². The molecule has 144 valence electrons. The molecule has 0 atom stereocenters. The van der Waals surface area contributed by atoms with Crippen LogP contribution >= 0.6 is 0 Å². The largest absolute Gasteiger partial charge is 0.497 e. The lowest BCUT2D eigenvalue weighted by Gasteiger charge is -2.24. The number of benzene rings is 4. The first-order valence-electron chi connectivity index (χ1n) is 9.68. The second-order valence-corrected chi connectivity index (χ2v) is 7.01. The summed E-state index contributed by atoms with van der Waals surface area (Å²) in [6, 6.07) is 31.9. The molecule has 0 spiro atoms. The Labute approximate surface area is 171 Å². The second kappa shape index (κ2) is 8.61. The number of carbonyl (C=O) groups excluding carboxylic acids is 1. The normalized spacial score (nSPS) is 10.7. The van der Waals surface area contributed by atoms with Crippen LogP contribution in [0, 0.1) is 0 Å². The Kier molecular flexibility index (Phi) is 5.57. The Bertz CT molecular complexity index is 1100. The lowest BCUT2D eigenvalue weighted by molar-refractivity contribution is 0.0731. The van der Waals surface area contributed by atoms with Gasteiger partial charge in [0, 0.05) is 18.7 Å². The molecule has 0 bridgehead atoms. The molecule has 0 radical (unpaired) electrons. The molecule has 0 aromatic heterocycles. The topological polar surface area (TPSA) is 29.5 Å². The lowest BCUT2D eigenvalue weighted by Crippen LogP contribution is -2.30. The van der Waals surface area contributed by atoms with Crippen LogP contribution in [0.2, 0.25) is 0 Å². The number of hydrogen-bond donors (Lipinski definition) is 0. The van der Waals surface area contributed by atoms with Crippen molar-refractivity contribution in [2.75, 3.05) is 7.11 Å². The van der Waals surface area contributed by atoms with Gasteiger partial charge in [0.05, 0.1) is 7.11 Å². The highest BCUT2D eigenvalue weighted by Crippen LogP contribution is 2.22. The number of rotatable bonds is 6. The molecule has 29 heavy (non-hydrogen) atoms. The first-order chi connectivity index (χ1) is 14.2. The van der Waals surface area contributed by atoms with Crippen molar-refractivity contribution in [2.45, 2.75) is 13.1 Å². The van der Waals surface area contributed by atoms with Gasteiger partial charge in [0.15, 0.2) is 0 Å². The van der Waals surface area contributed by atoms with Crippen LogP contribution in [0.1, 0.15) is 21.5 Å². The van der Waals surface area contributed by atoms with Crippen molar-refractivity contribution < 1.29 is 9.53 Å². The number of nitrogens with zero attached hydrogens (tertiary/aromatic N) is 1. The summed E-state index contributed by atoms with van der Waals surface area (Å²) >= 11 is 0. The summed E-state index contributed by atoms with van der Waals surface area (Å²) in [4.78, 5) is 15.2. The van der Waals surface area contributed by atoms with Gasteiger partial charge in [0.2, 0.25) is 0 Å². The lowest BCUT2D eigenvalue weighted by atomic mass is 10.0. The predicted octanol–water partition coefficient (Wildman–Crippen LogP) is 5.69. The molecule has 0 heterocycles. The highest BCUT2D eigenvalue weighted by Gasteiger charge is 2.17. The van der Waals surface area contributed by atoms with Crippen LogP contribution < -0.4 is 4.74 Å². The molecular formula is C26H23NO2. The predicted molar refractivity (Wildman–Crippen MR) is 117 cm³/mol. The van der Waals surface area contributed by atoms with Crippen molar-refractivity contribution in [1.82, 2.24) is 4.90 Å². The minimum Gasteiger partial charge on any atom is -0.497 e. The Balaban J connectivity index is 1.68. The van der Waals surface area contributed by atoms with Gasteiger partial charge in [-0.15, -0.1) is 0 Å². The first kappa shape index (κ1) is 18.8. The molecule has 4 rings (SSSR count). The number of carbonyl (C=O) groups is 1. The van der Waals surface area contributed by atoms with E-state index < -0.39 is 0 Å². The third-order valence-corrected chi connectivity index (χ3v) is 5.08. The van der Waals surface area contributed by atoms with Gasteiger partial charge >= 0.3 is 0 Å². The van der Waals surface area contributed by atoms with Crippen LogP contribution in [0.4, 0.5) is 0 Å². The van der Waals surface area contributed by atoms with Crippen LogP contribution in [0.25, 0.3) is 10.8 Å². The molecule has 4 aromatic carbocycles. The average molecular weight is 381 g/mol. The number of methoxy groups -OCH3 is 1. The summed E-state index contributed by atoms with van der Waals surface area (Å²) in [7, 11) is 1.65. The fourth-order valence-electron chi connectivity index (χ4n) is 3.55. The van der Waals surface area contributed by atoms with Crippen LogP contribution in [-0.2, 0) is 13.1 Å². The molecule has 3 nitrogen and oxygen atoms in total. The van der Waals surface area contributed by atoms with Crippen molar-refractivity contribution in [1.29, 1.82) is 0 Å². The van der Waals surface area contributed by atoms with Crippen LogP contribution in [0.15, 0.2) is 97.1 Å². The summed E-state index contributed by atoms with van der Waals surface area (Å²) < 4.78 is 5.25. The minimum atomic E-state index is 0.0225. The molecule has 0 fully saturated rings. The smallest absolute Gasteiger partial charge is 0.254 e. The van der Waals surface area contributed by atoms with E-state index in [-0.39, 0.29) is 5.91 Å². The Hall–Kier alpha value is -3.59. The van der Waals surface area contributed by atoms with Crippen molar-refractivity contribution in [3.63, 3.8) is 0 Å². The number of ether oxygens (including phenoxy) is 1. The molecular weight excluding hydrogens is 358 g/mol. The van der Waals surface area contributed by atoms with Crippen molar-refractivity contribution >= 4 is 16.7 Å². The zero-order valence-electron chi connectivity index (χ0n) is 16.4. The van der Waals surface area contributed by atoms with E-state index in [4.69, 9.17) is 4.74 Å². The SMILES string of the molecule is COc1ccc(CN(Cc2cccc3ccccc23)C(=O)c2ccccc2)cc1. The van der Waals surface area contributed by atoms with Gasteiger partial charge in [-0.05, 0) is 46.2 Å². The quantitative estimate of drug-likeness (QED) is 0.429. The van der Waals surface area contributed by atoms with E-state index >= 15 is 0 Å². The monoisotopic (exact) mass is 381 g/mol. The second-order valence-electron chi connectivity index (χ2n) is 7.01.